The lowest BCUT2D eigenvalue weighted by Crippen LogP contribution is -2.54. The lowest BCUT2D eigenvalue weighted by atomic mass is 9.42. The quantitative estimate of drug-likeness (QED) is 0.534. The Bertz CT molecular complexity index is 578. The molecule has 4 fully saturated rings. The van der Waals surface area contributed by atoms with E-state index in [0.717, 1.165) is 11.8 Å². The lowest BCUT2D eigenvalue weighted by molar-refractivity contribution is -0.150. The van der Waals surface area contributed by atoms with Crippen LogP contribution in [0, 0.1) is 20.8 Å². The minimum atomic E-state index is -0.0142. The molecular weight excluding hydrogens is 387 g/mol. The van der Waals surface area contributed by atoms with Crippen LogP contribution in [0.4, 0.5) is 0 Å². The monoisotopic (exact) mass is 410 g/mol. The first-order chi connectivity index (χ1) is 10.5. The molecule has 2 nitrogen and oxygen atoms in total. The van der Waals surface area contributed by atoms with Gasteiger partial charge in [0.25, 0.3) is 0 Å². The normalized spacial score (nSPS) is 39.0. The molecule has 4 aliphatic rings. The van der Waals surface area contributed by atoms with E-state index in [2.05, 4.69) is 46.9 Å². The van der Waals surface area contributed by atoms with E-state index in [9.17, 15) is 4.79 Å². The Morgan fingerprint density at radius 3 is 2.41 bits per heavy atom. The standard InChI is InChI=1S/C19H23IO2/c1-22-17(21)11-18-7-13-6-14(8-18)10-19(9-13,12-18)15-2-4-16(20)5-3-15/h2-5,13-14H,6-12H2,1H3. The van der Waals surface area contributed by atoms with Crippen molar-refractivity contribution in [1.82, 2.24) is 0 Å². The minimum absolute atomic E-state index is 0.0142. The summed E-state index contributed by atoms with van der Waals surface area (Å²) < 4.78 is 6.30. The van der Waals surface area contributed by atoms with Crippen LogP contribution in [-0.2, 0) is 14.9 Å². The molecule has 0 saturated heterocycles. The molecule has 5 rings (SSSR count). The second-order valence-electron chi connectivity index (χ2n) is 8.00. The largest absolute Gasteiger partial charge is 0.469 e. The number of methoxy groups -OCH3 is 1. The highest BCUT2D eigenvalue weighted by Gasteiger charge is 2.58. The maximum absolute atomic E-state index is 12.0. The zero-order valence-electron chi connectivity index (χ0n) is 13.1. The minimum Gasteiger partial charge on any atom is -0.469 e. The van der Waals surface area contributed by atoms with Crippen molar-refractivity contribution in [3.63, 3.8) is 0 Å². The van der Waals surface area contributed by atoms with Crippen LogP contribution in [0.15, 0.2) is 24.3 Å². The average Bonchev–Trinajstić information content (AvgIpc) is 2.45. The molecule has 0 N–H and O–H groups in total. The molecule has 2 atom stereocenters. The average molecular weight is 410 g/mol. The van der Waals surface area contributed by atoms with Gasteiger partial charge in [-0.15, -0.1) is 0 Å². The van der Waals surface area contributed by atoms with Gasteiger partial charge < -0.3 is 4.74 Å². The number of halogens is 1. The third-order valence-corrected chi connectivity index (χ3v) is 7.11. The Hall–Kier alpha value is -0.580. The summed E-state index contributed by atoms with van der Waals surface area (Å²) in [7, 11) is 1.53. The van der Waals surface area contributed by atoms with Gasteiger partial charge in [-0.1, -0.05) is 12.1 Å². The second kappa shape index (κ2) is 5.22. The van der Waals surface area contributed by atoms with Crippen molar-refractivity contribution in [2.24, 2.45) is 17.3 Å². The van der Waals surface area contributed by atoms with Crippen molar-refractivity contribution in [3.05, 3.63) is 33.4 Å². The van der Waals surface area contributed by atoms with Gasteiger partial charge in [0.05, 0.1) is 13.5 Å². The number of hydrogen-bond acceptors (Lipinski definition) is 2. The molecule has 0 heterocycles. The van der Waals surface area contributed by atoms with E-state index in [4.69, 9.17) is 4.74 Å². The summed E-state index contributed by atoms with van der Waals surface area (Å²) in [5.41, 5.74) is 2.04. The van der Waals surface area contributed by atoms with Crippen molar-refractivity contribution in [3.8, 4) is 0 Å². The van der Waals surface area contributed by atoms with Crippen LogP contribution in [0.1, 0.15) is 50.5 Å². The number of esters is 1. The van der Waals surface area contributed by atoms with Gasteiger partial charge in [-0.25, -0.2) is 0 Å². The predicted octanol–water partition coefficient (Wildman–Crippen LogP) is 4.69. The van der Waals surface area contributed by atoms with Crippen LogP contribution < -0.4 is 0 Å². The van der Waals surface area contributed by atoms with Gasteiger partial charge in [-0.2, -0.15) is 0 Å². The molecule has 4 saturated carbocycles. The smallest absolute Gasteiger partial charge is 0.306 e. The van der Waals surface area contributed by atoms with Gasteiger partial charge in [0, 0.05) is 3.57 Å². The van der Waals surface area contributed by atoms with Crippen molar-refractivity contribution in [1.29, 1.82) is 0 Å². The first-order valence-electron chi connectivity index (χ1n) is 8.35. The van der Waals surface area contributed by atoms with Crippen molar-refractivity contribution in [2.45, 2.75) is 50.4 Å². The summed E-state index contributed by atoms with van der Waals surface area (Å²) in [6.45, 7) is 0. The van der Waals surface area contributed by atoms with Gasteiger partial charge in [0.1, 0.15) is 0 Å². The predicted molar refractivity (Wildman–Crippen MR) is 94.6 cm³/mol. The van der Waals surface area contributed by atoms with Gasteiger partial charge in [0.2, 0.25) is 0 Å². The molecule has 3 heteroatoms. The Balaban J connectivity index is 1.69. The molecular formula is C19H23IO2. The Kier molecular flexibility index (Phi) is 3.55. The molecule has 4 bridgehead atoms. The van der Waals surface area contributed by atoms with Crippen molar-refractivity contribution >= 4 is 28.6 Å². The molecule has 0 spiro atoms. The van der Waals surface area contributed by atoms with E-state index in [1.807, 2.05) is 0 Å². The van der Waals surface area contributed by atoms with Crippen LogP contribution in [0.3, 0.4) is 0 Å². The highest BCUT2D eigenvalue weighted by Crippen LogP contribution is 2.66. The number of carbonyl (C=O) groups excluding carboxylic acids is 1. The summed E-state index contributed by atoms with van der Waals surface area (Å²) in [6.07, 6.45) is 8.33. The number of rotatable bonds is 3. The SMILES string of the molecule is COC(=O)CC12CC3CC(C1)CC(c1ccc(I)cc1)(C3)C2. The molecule has 2 unspecified atom stereocenters. The molecule has 22 heavy (non-hydrogen) atoms. The van der Waals surface area contributed by atoms with Crippen molar-refractivity contribution < 1.29 is 9.53 Å². The maximum Gasteiger partial charge on any atom is 0.306 e. The number of carbonyl (C=O) groups is 1. The molecule has 4 aliphatic carbocycles. The second-order valence-corrected chi connectivity index (χ2v) is 9.25. The fourth-order valence-electron chi connectivity index (χ4n) is 6.18. The van der Waals surface area contributed by atoms with Gasteiger partial charge in [0.15, 0.2) is 0 Å². The first-order valence-corrected chi connectivity index (χ1v) is 9.43. The van der Waals surface area contributed by atoms with Gasteiger partial charge >= 0.3 is 5.97 Å². The molecule has 0 aromatic heterocycles. The third kappa shape index (κ3) is 2.40. The highest BCUT2D eigenvalue weighted by molar-refractivity contribution is 14.1. The summed E-state index contributed by atoms with van der Waals surface area (Å²) in [4.78, 5) is 12.0. The maximum atomic E-state index is 12.0. The van der Waals surface area contributed by atoms with E-state index in [-0.39, 0.29) is 11.4 Å². The van der Waals surface area contributed by atoms with Crippen LogP contribution >= 0.6 is 22.6 Å². The van der Waals surface area contributed by atoms with E-state index in [1.54, 1.807) is 0 Å². The Labute approximate surface area is 146 Å². The van der Waals surface area contributed by atoms with Crippen molar-refractivity contribution in [2.75, 3.05) is 7.11 Å². The molecule has 1 aromatic rings. The molecule has 0 amide bonds. The zero-order chi connectivity index (χ0) is 15.4. The fourth-order valence-corrected chi connectivity index (χ4v) is 6.54. The van der Waals surface area contributed by atoms with Crippen LogP contribution in [0.5, 0.6) is 0 Å². The Morgan fingerprint density at radius 1 is 1.18 bits per heavy atom. The number of ether oxygens (including phenoxy) is 1. The fraction of sp³-hybridized carbons (Fsp3) is 0.632. The first kappa shape index (κ1) is 15.0. The van der Waals surface area contributed by atoms with E-state index >= 15 is 0 Å². The number of benzene rings is 1. The topological polar surface area (TPSA) is 26.3 Å². The highest BCUT2D eigenvalue weighted by atomic mass is 127. The number of hydrogen-bond donors (Lipinski definition) is 0. The van der Waals surface area contributed by atoms with Crippen LogP contribution in [0.2, 0.25) is 0 Å². The summed E-state index contributed by atoms with van der Waals surface area (Å²) in [5.74, 6) is 1.61. The van der Waals surface area contributed by atoms with E-state index < -0.39 is 0 Å². The molecule has 0 aliphatic heterocycles. The molecule has 1 aromatic carbocycles. The van der Waals surface area contributed by atoms with Crippen LogP contribution in [-0.4, -0.2) is 13.1 Å². The summed E-state index contributed by atoms with van der Waals surface area (Å²) in [5, 5.41) is 0. The molecule has 0 radical (unpaired) electrons. The molecule has 118 valence electrons. The lowest BCUT2D eigenvalue weighted by Gasteiger charge is -2.62. The van der Waals surface area contributed by atoms with Gasteiger partial charge in [-0.3, -0.25) is 4.79 Å². The van der Waals surface area contributed by atoms with E-state index in [0.29, 0.717) is 11.8 Å². The third-order valence-electron chi connectivity index (χ3n) is 6.39. The van der Waals surface area contributed by atoms with E-state index in [1.165, 1.54) is 54.8 Å². The summed E-state index contributed by atoms with van der Waals surface area (Å²) >= 11 is 2.38. The summed E-state index contributed by atoms with van der Waals surface area (Å²) in [6, 6.07) is 9.14. The van der Waals surface area contributed by atoms with Gasteiger partial charge in [-0.05, 0) is 101 Å². The Morgan fingerprint density at radius 2 is 1.82 bits per heavy atom. The zero-order valence-corrected chi connectivity index (χ0v) is 15.3. The van der Waals surface area contributed by atoms with Crippen LogP contribution in [0.25, 0.3) is 0 Å².